The molecule has 4 rings (SSSR count). The zero-order chi connectivity index (χ0) is 23.5. The van der Waals surface area contributed by atoms with Gasteiger partial charge in [-0.15, -0.1) is 0 Å². The molecule has 3 aromatic rings. The van der Waals surface area contributed by atoms with Crippen LogP contribution in [0.1, 0.15) is 41.4 Å². The molecule has 1 fully saturated rings. The lowest BCUT2D eigenvalue weighted by molar-refractivity contribution is 0.0525. The molecule has 1 saturated heterocycles. The highest BCUT2D eigenvalue weighted by Crippen LogP contribution is 2.41. The van der Waals surface area contributed by atoms with Gasteiger partial charge in [0.2, 0.25) is 0 Å². The van der Waals surface area contributed by atoms with Crippen LogP contribution in [0.3, 0.4) is 0 Å². The molecule has 1 aromatic heterocycles. The van der Waals surface area contributed by atoms with Crippen LogP contribution in [-0.4, -0.2) is 51.4 Å². The number of aromatic nitrogens is 1. The van der Waals surface area contributed by atoms with Crippen LogP contribution in [0.5, 0.6) is 11.5 Å². The summed E-state index contributed by atoms with van der Waals surface area (Å²) in [4.78, 5) is 15.3. The van der Waals surface area contributed by atoms with E-state index in [0.717, 1.165) is 24.9 Å². The van der Waals surface area contributed by atoms with Gasteiger partial charge in [-0.2, -0.15) is 0 Å². The smallest absolute Gasteiger partial charge is 0.340 e. The molecule has 2 aromatic carbocycles. The van der Waals surface area contributed by atoms with Crippen molar-refractivity contribution in [1.82, 2.24) is 9.47 Å². The Labute approximate surface area is 201 Å². The maximum absolute atomic E-state index is 13.2. The van der Waals surface area contributed by atoms with Crippen molar-refractivity contribution in [2.24, 2.45) is 7.05 Å². The van der Waals surface area contributed by atoms with Crippen molar-refractivity contribution in [3.63, 3.8) is 0 Å². The molecule has 0 unspecified atom stereocenters. The highest BCUT2D eigenvalue weighted by atomic mass is 79.9. The van der Waals surface area contributed by atoms with Crippen LogP contribution < -0.4 is 4.74 Å². The lowest BCUT2D eigenvalue weighted by Gasteiger charge is -2.24. The summed E-state index contributed by atoms with van der Waals surface area (Å²) in [5.74, 6) is 0.348. The molecule has 0 spiro atoms. The summed E-state index contributed by atoms with van der Waals surface area (Å²) < 4.78 is 13.9. The predicted octanol–water partition coefficient (Wildman–Crippen LogP) is 4.36. The fraction of sp³-hybridized carbons (Fsp3) is 0.400. The first-order valence-corrected chi connectivity index (χ1v) is 12.0. The monoisotopic (exact) mass is 516 g/mol. The summed E-state index contributed by atoms with van der Waals surface area (Å²) in [5, 5.41) is 21.5. The number of likely N-dealkylation sites (tertiary alicyclic amines) is 1. The van der Waals surface area contributed by atoms with Gasteiger partial charge in [-0.05, 0) is 60.4 Å². The van der Waals surface area contributed by atoms with Crippen LogP contribution in [0.2, 0.25) is 0 Å². The summed E-state index contributed by atoms with van der Waals surface area (Å²) in [7, 11) is 1.88. The number of halogens is 1. The highest BCUT2D eigenvalue weighted by molar-refractivity contribution is 9.10. The minimum absolute atomic E-state index is 0.0362. The molecule has 1 atom stereocenters. The zero-order valence-corrected chi connectivity index (χ0v) is 20.5. The molecule has 176 valence electrons. The quantitative estimate of drug-likeness (QED) is 0.432. The summed E-state index contributed by atoms with van der Waals surface area (Å²) in [6.07, 6.45) is 1.89. The number of phenols is 1. The number of hydrogen-bond acceptors (Lipinski definition) is 6. The van der Waals surface area contributed by atoms with E-state index in [2.05, 4.69) is 20.8 Å². The molecule has 1 aliphatic rings. The molecular weight excluding hydrogens is 488 g/mol. The number of nitrogens with zero attached hydrogens (tertiary/aromatic N) is 2. The number of para-hydroxylation sites is 1. The van der Waals surface area contributed by atoms with E-state index in [1.165, 1.54) is 0 Å². The topological polar surface area (TPSA) is 84.2 Å². The van der Waals surface area contributed by atoms with Gasteiger partial charge in [0, 0.05) is 30.6 Å². The summed E-state index contributed by atoms with van der Waals surface area (Å²) in [5.41, 5.74) is 2.52. The number of aliphatic hydroxyl groups is 1. The Morgan fingerprint density at radius 3 is 2.73 bits per heavy atom. The average molecular weight is 517 g/mol. The van der Waals surface area contributed by atoms with Gasteiger partial charge < -0.3 is 24.3 Å². The van der Waals surface area contributed by atoms with E-state index < -0.39 is 5.97 Å². The van der Waals surface area contributed by atoms with Gasteiger partial charge in [0.1, 0.15) is 18.1 Å². The number of phenolic OH excluding ortho intramolecular Hbond substituents is 1. The second-order valence-corrected chi connectivity index (χ2v) is 9.09. The number of carbonyl (C=O) groups is 1. The Morgan fingerprint density at radius 2 is 2.03 bits per heavy atom. The molecule has 2 N–H and O–H groups in total. The highest BCUT2D eigenvalue weighted by Gasteiger charge is 2.30. The van der Waals surface area contributed by atoms with Crippen LogP contribution >= 0.6 is 15.9 Å². The fourth-order valence-electron chi connectivity index (χ4n) is 4.61. The predicted molar refractivity (Wildman–Crippen MR) is 130 cm³/mol. The van der Waals surface area contributed by atoms with Crippen molar-refractivity contribution in [3.05, 3.63) is 57.7 Å². The van der Waals surface area contributed by atoms with Crippen LogP contribution in [-0.2, 0) is 24.9 Å². The Morgan fingerprint density at radius 1 is 1.27 bits per heavy atom. The number of benzene rings is 2. The zero-order valence-electron chi connectivity index (χ0n) is 18.9. The third-order valence-electron chi connectivity index (χ3n) is 6.31. The number of aromatic hydroxyl groups is 1. The molecule has 33 heavy (non-hydrogen) atoms. The molecule has 1 aliphatic heterocycles. The minimum atomic E-state index is -0.446. The van der Waals surface area contributed by atoms with Crippen molar-refractivity contribution in [2.75, 3.05) is 19.8 Å². The first-order valence-electron chi connectivity index (χ1n) is 11.2. The van der Waals surface area contributed by atoms with E-state index in [9.17, 15) is 15.0 Å². The van der Waals surface area contributed by atoms with E-state index >= 15 is 0 Å². The van der Waals surface area contributed by atoms with Gasteiger partial charge in [0.25, 0.3) is 0 Å². The molecular formula is C25H29BrN2O5. The number of esters is 1. The van der Waals surface area contributed by atoms with E-state index in [4.69, 9.17) is 9.47 Å². The Balaban J connectivity index is 1.86. The van der Waals surface area contributed by atoms with E-state index in [1.807, 2.05) is 48.0 Å². The number of rotatable bonds is 8. The normalized spacial score (nSPS) is 16.4. The molecule has 7 nitrogen and oxygen atoms in total. The van der Waals surface area contributed by atoms with Gasteiger partial charge in [-0.3, -0.25) is 4.90 Å². The lowest BCUT2D eigenvalue weighted by Crippen LogP contribution is -2.31. The average Bonchev–Trinajstić information content (AvgIpc) is 3.38. The second kappa shape index (κ2) is 10.2. The largest absolute Gasteiger partial charge is 0.506 e. The summed E-state index contributed by atoms with van der Waals surface area (Å²) >= 11 is 3.48. The third kappa shape index (κ3) is 4.60. The molecule has 0 aliphatic carbocycles. The molecule has 0 saturated carbocycles. The van der Waals surface area contributed by atoms with Gasteiger partial charge in [0.05, 0.1) is 34.5 Å². The minimum Gasteiger partial charge on any atom is -0.506 e. The maximum atomic E-state index is 13.2. The molecule has 0 amide bonds. The van der Waals surface area contributed by atoms with Gasteiger partial charge in [0.15, 0.2) is 0 Å². The van der Waals surface area contributed by atoms with Crippen molar-refractivity contribution < 1.29 is 24.5 Å². The first-order chi connectivity index (χ1) is 16.0. The maximum Gasteiger partial charge on any atom is 0.340 e. The number of ether oxygens (including phenoxy) is 2. The SMILES string of the molecule is CCOC(=O)c1c(COc2ccccc2)n(C)c2cc(Br)c(O)c(CN3CCC[C@@H]3CO)c12. The second-order valence-electron chi connectivity index (χ2n) is 8.23. The van der Waals surface area contributed by atoms with Gasteiger partial charge >= 0.3 is 5.97 Å². The van der Waals surface area contributed by atoms with Crippen molar-refractivity contribution in [3.8, 4) is 11.5 Å². The molecule has 2 heterocycles. The van der Waals surface area contributed by atoms with Crippen molar-refractivity contribution in [1.29, 1.82) is 0 Å². The van der Waals surface area contributed by atoms with E-state index in [1.54, 1.807) is 6.92 Å². The van der Waals surface area contributed by atoms with E-state index in [0.29, 0.717) is 39.0 Å². The lowest BCUT2D eigenvalue weighted by atomic mass is 10.0. The van der Waals surface area contributed by atoms with Crippen LogP contribution in [0.4, 0.5) is 0 Å². The number of aliphatic hydroxyl groups excluding tert-OH is 1. The van der Waals surface area contributed by atoms with Gasteiger partial charge in [-0.1, -0.05) is 18.2 Å². The van der Waals surface area contributed by atoms with Crippen molar-refractivity contribution in [2.45, 2.75) is 39.0 Å². The summed E-state index contributed by atoms with van der Waals surface area (Å²) in [6.45, 7) is 3.49. The Kier molecular flexibility index (Phi) is 7.26. The van der Waals surface area contributed by atoms with Crippen LogP contribution in [0, 0.1) is 0 Å². The standard InChI is InChI=1S/C25H29BrN2O5/c1-3-32-25(31)23-21(15-33-17-9-5-4-6-10-17)27(2)20-12-19(26)24(30)18(22(20)23)13-28-11-7-8-16(28)14-29/h4-6,9-10,12,16,29-30H,3,7-8,11,13-15H2,1-2H3/t16-/m1/s1. The van der Waals surface area contributed by atoms with Crippen molar-refractivity contribution >= 4 is 32.8 Å². The third-order valence-corrected chi connectivity index (χ3v) is 6.91. The van der Waals surface area contributed by atoms with E-state index in [-0.39, 0.29) is 31.6 Å². The Bertz CT molecular complexity index is 1150. The number of aryl methyl sites for hydroxylation is 1. The number of hydrogen-bond donors (Lipinski definition) is 2. The molecule has 8 heteroatoms. The number of fused-ring (bicyclic) bond motifs is 1. The van der Waals surface area contributed by atoms with Gasteiger partial charge in [-0.25, -0.2) is 4.79 Å². The van der Waals surface area contributed by atoms with Crippen LogP contribution in [0.15, 0.2) is 40.9 Å². The first kappa shape index (κ1) is 23.6. The number of carbonyl (C=O) groups excluding carboxylic acids is 1. The molecule has 0 bridgehead atoms. The Hall–Kier alpha value is -2.55. The van der Waals surface area contributed by atoms with Crippen LogP contribution in [0.25, 0.3) is 10.9 Å². The summed E-state index contributed by atoms with van der Waals surface area (Å²) in [6, 6.07) is 11.3. The fourth-order valence-corrected chi connectivity index (χ4v) is 5.06. The molecule has 0 radical (unpaired) electrons.